The van der Waals surface area contributed by atoms with Gasteiger partial charge in [-0.15, -0.1) is 0 Å². The first-order valence-electron chi connectivity index (χ1n) is 5.54. The fraction of sp³-hybridized carbons (Fsp3) is 0.333. The molecule has 0 saturated heterocycles. The first-order valence-corrected chi connectivity index (χ1v) is 5.54. The van der Waals surface area contributed by atoms with Crippen LogP contribution in [0, 0.1) is 0 Å². The minimum absolute atomic E-state index is 0.368. The second-order valence-corrected chi connectivity index (χ2v) is 3.59. The molecule has 0 fully saturated rings. The largest absolute Gasteiger partial charge is 0.496 e. The van der Waals surface area contributed by atoms with Crippen molar-refractivity contribution in [3.05, 3.63) is 24.0 Å². The maximum Gasteiger partial charge on any atom is 0.265 e. The molecular formula is C12H15N3O3. The Balaban J connectivity index is 2.47. The van der Waals surface area contributed by atoms with Gasteiger partial charge in [0.25, 0.3) is 5.89 Å². The molecule has 1 aromatic carbocycles. The van der Waals surface area contributed by atoms with Crippen LogP contribution in [0.25, 0.3) is 11.5 Å². The highest BCUT2D eigenvalue weighted by Gasteiger charge is 2.18. The summed E-state index contributed by atoms with van der Waals surface area (Å²) in [5, 5.41) is 3.86. The smallest absolute Gasteiger partial charge is 0.265 e. The Labute approximate surface area is 105 Å². The molecule has 2 rings (SSSR count). The Morgan fingerprint density at radius 3 is 2.44 bits per heavy atom. The number of methoxy groups -OCH3 is 2. The predicted octanol–water partition coefficient (Wildman–Crippen LogP) is 1.25. The third-order valence-corrected chi connectivity index (χ3v) is 2.48. The molecule has 1 aromatic heterocycles. The van der Waals surface area contributed by atoms with Crippen molar-refractivity contribution >= 4 is 0 Å². The second-order valence-electron chi connectivity index (χ2n) is 3.59. The van der Waals surface area contributed by atoms with E-state index in [-0.39, 0.29) is 0 Å². The molecule has 2 N–H and O–H groups in total. The maximum absolute atomic E-state index is 5.45. The van der Waals surface area contributed by atoms with Crippen molar-refractivity contribution in [3.63, 3.8) is 0 Å². The summed E-state index contributed by atoms with van der Waals surface area (Å²) in [5.74, 6) is 2.18. The average Bonchev–Trinajstić information content (AvgIpc) is 2.86. The summed E-state index contributed by atoms with van der Waals surface area (Å²) in [6, 6.07) is 5.45. The quantitative estimate of drug-likeness (QED) is 0.858. The highest BCUT2D eigenvalue weighted by atomic mass is 16.5. The maximum atomic E-state index is 5.45. The van der Waals surface area contributed by atoms with Crippen LogP contribution in [-0.2, 0) is 6.42 Å². The van der Waals surface area contributed by atoms with Crippen LogP contribution in [0.5, 0.6) is 11.5 Å². The summed E-state index contributed by atoms with van der Waals surface area (Å²) < 4.78 is 15.8. The van der Waals surface area contributed by atoms with Crippen LogP contribution in [0.2, 0.25) is 0 Å². The van der Waals surface area contributed by atoms with Gasteiger partial charge in [-0.2, -0.15) is 4.98 Å². The van der Waals surface area contributed by atoms with Gasteiger partial charge >= 0.3 is 0 Å². The lowest BCUT2D eigenvalue weighted by molar-refractivity contribution is 0.384. The Morgan fingerprint density at radius 1 is 1.22 bits per heavy atom. The van der Waals surface area contributed by atoms with E-state index in [4.69, 9.17) is 19.7 Å². The molecule has 0 atom stereocenters. The van der Waals surface area contributed by atoms with Gasteiger partial charge in [0.15, 0.2) is 5.82 Å². The van der Waals surface area contributed by atoms with Crippen LogP contribution in [0.15, 0.2) is 22.7 Å². The Bertz CT molecular complexity index is 503. The minimum Gasteiger partial charge on any atom is -0.496 e. The molecule has 0 aliphatic heterocycles. The molecule has 0 amide bonds. The van der Waals surface area contributed by atoms with Gasteiger partial charge in [-0.3, -0.25) is 0 Å². The van der Waals surface area contributed by atoms with Crippen LogP contribution in [0.1, 0.15) is 5.82 Å². The molecule has 18 heavy (non-hydrogen) atoms. The topological polar surface area (TPSA) is 83.4 Å². The third kappa shape index (κ3) is 2.28. The van der Waals surface area contributed by atoms with E-state index in [0.717, 1.165) is 0 Å². The zero-order valence-corrected chi connectivity index (χ0v) is 10.3. The Morgan fingerprint density at radius 2 is 1.89 bits per heavy atom. The van der Waals surface area contributed by atoms with E-state index in [1.165, 1.54) is 0 Å². The standard InChI is InChI=1S/C12H15N3O3/c1-16-8-4-3-5-9(17-2)11(8)12-14-10(6-7-13)15-18-12/h3-5H,6-7,13H2,1-2H3. The molecule has 6 nitrogen and oxygen atoms in total. The first-order chi connectivity index (χ1) is 8.80. The molecule has 0 aliphatic carbocycles. The van der Waals surface area contributed by atoms with E-state index >= 15 is 0 Å². The molecular weight excluding hydrogens is 234 g/mol. The van der Waals surface area contributed by atoms with E-state index in [0.29, 0.717) is 41.7 Å². The van der Waals surface area contributed by atoms with Gasteiger partial charge < -0.3 is 19.7 Å². The van der Waals surface area contributed by atoms with Gasteiger partial charge in [-0.05, 0) is 18.7 Å². The number of hydrogen-bond acceptors (Lipinski definition) is 6. The van der Waals surface area contributed by atoms with Gasteiger partial charge in [0, 0.05) is 6.42 Å². The van der Waals surface area contributed by atoms with Crippen molar-refractivity contribution in [1.82, 2.24) is 10.1 Å². The lowest BCUT2D eigenvalue weighted by Crippen LogP contribution is -2.03. The van der Waals surface area contributed by atoms with Crippen molar-refractivity contribution in [2.24, 2.45) is 5.73 Å². The number of rotatable bonds is 5. The molecule has 0 aliphatic rings. The third-order valence-electron chi connectivity index (χ3n) is 2.48. The zero-order valence-electron chi connectivity index (χ0n) is 10.3. The van der Waals surface area contributed by atoms with Gasteiger partial charge in [0.1, 0.15) is 17.1 Å². The summed E-state index contributed by atoms with van der Waals surface area (Å²) in [6.07, 6.45) is 0.570. The second kappa shape index (κ2) is 5.50. The van der Waals surface area contributed by atoms with Crippen molar-refractivity contribution < 1.29 is 14.0 Å². The zero-order chi connectivity index (χ0) is 13.0. The molecule has 1 heterocycles. The van der Waals surface area contributed by atoms with Gasteiger partial charge in [0.05, 0.1) is 14.2 Å². The van der Waals surface area contributed by atoms with Crippen molar-refractivity contribution in [1.29, 1.82) is 0 Å². The molecule has 0 radical (unpaired) electrons. The number of benzene rings is 1. The summed E-state index contributed by atoms with van der Waals surface area (Å²) >= 11 is 0. The number of nitrogens with zero attached hydrogens (tertiary/aromatic N) is 2. The average molecular weight is 249 g/mol. The monoisotopic (exact) mass is 249 g/mol. The van der Waals surface area contributed by atoms with Crippen molar-refractivity contribution in [2.45, 2.75) is 6.42 Å². The number of hydrogen-bond donors (Lipinski definition) is 1. The van der Waals surface area contributed by atoms with Crippen LogP contribution in [0.3, 0.4) is 0 Å². The molecule has 0 saturated carbocycles. The molecule has 0 bridgehead atoms. The Kier molecular flexibility index (Phi) is 3.78. The SMILES string of the molecule is COc1cccc(OC)c1-c1nc(CCN)no1. The molecule has 0 unspecified atom stereocenters. The summed E-state index contributed by atoms with van der Waals surface area (Å²) in [7, 11) is 3.16. The molecule has 0 spiro atoms. The van der Waals surface area contributed by atoms with Gasteiger partial charge in [-0.25, -0.2) is 0 Å². The lowest BCUT2D eigenvalue weighted by atomic mass is 10.1. The normalized spacial score (nSPS) is 10.4. The summed E-state index contributed by atoms with van der Waals surface area (Å²) in [6.45, 7) is 0.474. The lowest BCUT2D eigenvalue weighted by Gasteiger charge is -2.09. The Hall–Kier alpha value is -2.08. The van der Waals surface area contributed by atoms with E-state index < -0.39 is 0 Å². The number of nitrogens with two attached hydrogens (primary N) is 1. The van der Waals surface area contributed by atoms with E-state index in [9.17, 15) is 0 Å². The number of ether oxygens (including phenoxy) is 2. The van der Waals surface area contributed by atoms with Crippen molar-refractivity contribution in [3.8, 4) is 23.0 Å². The van der Waals surface area contributed by atoms with Crippen molar-refractivity contribution in [2.75, 3.05) is 20.8 Å². The number of aromatic nitrogens is 2. The first kappa shape index (κ1) is 12.4. The van der Waals surface area contributed by atoms with E-state index in [1.54, 1.807) is 14.2 Å². The highest BCUT2D eigenvalue weighted by Crippen LogP contribution is 2.37. The molecule has 6 heteroatoms. The predicted molar refractivity (Wildman–Crippen MR) is 65.6 cm³/mol. The van der Waals surface area contributed by atoms with Crippen LogP contribution >= 0.6 is 0 Å². The summed E-state index contributed by atoms with van der Waals surface area (Å²) in [5.41, 5.74) is 6.10. The highest BCUT2D eigenvalue weighted by molar-refractivity contribution is 5.70. The van der Waals surface area contributed by atoms with Crippen LogP contribution in [0.4, 0.5) is 0 Å². The van der Waals surface area contributed by atoms with E-state index in [1.807, 2.05) is 18.2 Å². The molecule has 96 valence electrons. The fourth-order valence-corrected chi connectivity index (χ4v) is 1.65. The van der Waals surface area contributed by atoms with Gasteiger partial charge in [-0.1, -0.05) is 11.2 Å². The van der Waals surface area contributed by atoms with Crippen LogP contribution in [-0.4, -0.2) is 30.9 Å². The van der Waals surface area contributed by atoms with E-state index in [2.05, 4.69) is 10.1 Å². The minimum atomic E-state index is 0.368. The summed E-state index contributed by atoms with van der Waals surface area (Å²) in [4.78, 5) is 4.27. The fourth-order valence-electron chi connectivity index (χ4n) is 1.65. The van der Waals surface area contributed by atoms with Crippen LogP contribution < -0.4 is 15.2 Å². The molecule has 2 aromatic rings. The van der Waals surface area contributed by atoms with Gasteiger partial charge in [0.2, 0.25) is 0 Å².